The summed E-state index contributed by atoms with van der Waals surface area (Å²) in [6, 6.07) is 6.54. The first-order valence-electron chi connectivity index (χ1n) is 8.59. The summed E-state index contributed by atoms with van der Waals surface area (Å²) in [5, 5.41) is 7.33. The summed E-state index contributed by atoms with van der Waals surface area (Å²) in [6.45, 7) is 10.1. The molecule has 0 fully saturated rings. The van der Waals surface area contributed by atoms with E-state index in [-0.39, 0.29) is 11.7 Å². The van der Waals surface area contributed by atoms with Crippen LogP contribution >= 0.6 is 0 Å². The van der Waals surface area contributed by atoms with Crippen LogP contribution in [0.15, 0.2) is 33.8 Å². The first-order valence-corrected chi connectivity index (χ1v) is 8.59. The van der Waals surface area contributed by atoms with Gasteiger partial charge in [-0.25, -0.2) is 4.39 Å². The van der Waals surface area contributed by atoms with Gasteiger partial charge in [-0.2, -0.15) is 0 Å². The topological polar surface area (TPSA) is 53.7 Å². The van der Waals surface area contributed by atoms with Gasteiger partial charge in [-0.15, -0.1) is 0 Å². The van der Waals surface area contributed by atoms with Crippen LogP contribution in [-0.4, -0.2) is 36.2 Å². The molecule has 1 heterocycles. The zero-order valence-corrected chi connectivity index (χ0v) is 15.6. The van der Waals surface area contributed by atoms with E-state index in [0.29, 0.717) is 13.1 Å². The molecule has 6 heteroatoms. The van der Waals surface area contributed by atoms with Crippen molar-refractivity contribution in [2.45, 2.75) is 40.2 Å². The lowest BCUT2D eigenvalue weighted by Gasteiger charge is -2.23. The van der Waals surface area contributed by atoms with Crippen molar-refractivity contribution in [3.8, 4) is 0 Å². The van der Waals surface area contributed by atoms with Gasteiger partial charge in [-0.05, 0) is 38.5 Å². The lowest BCUT2D eigenvalue weighted by atomic mass is 10.00. The van der Waals surface area contributed by atoms with Gasteiger partial charge in [0.25, 0.3) is 0 Å². The van der Waals surface area contributed by atoms with Gasteiger partial charge in [0.2, 0.25) is 0 Å². The third-order valence-corrected chi connectivity index (χ3v) is 4.13. The summed E-state index contributed by atoms with van der Waals surface area (Å²) in [5.41, 5.74) is 3.08. The average Bonchev–Trinajstić information content (AvgIpc) is 2.92. The number of nitrogens with one attached hydrogen (secondary N) is 1. The predicted molar refractivity (Wildman–Crippen MR) is 98.2 cm³/mol. The number of hydrogen-bond acceptors (Lipinski definition) is 3. The van der Waals surface area contributed by atoms with E-state index in [1.165, 1.54) is 12.1 Å². The Morgan fingerprint density at radius 1 is 1.32 bits per heavy atom. The van der Waals surface area contributed by atoms with E-state index < -0.39 is 0 Å². The second-order valence-corrected chi connectivity index (χ2v) is 6.32. The quantitative estimate of drug-likeness (QED) is 0.641. The van der Waals surface area contributed by atoms with Gasteiger partial charge in [0.05, 0.1) is 5.69 Å². The highest BCUT2D eigenvalue weighted by Gasteiger charge is 2.16. The van der Waals surface area contributed by atoms with Crippen LogP contribution in [0.3, 0.4) is 0 Å². The first-order chi connectivity index (χ1) is 11.9. The predicted octanol–water partition coefficient (Wildman–Crippen LogP) is 3.63. The van der Waals surface area contributed by atoms with E-state index >= 15 is 0 Å². The van der Waals surface area contributed by atoms with E-state index in [4.69, 9.17) is 9.52 Å². The third-order valence-electron chi connectivity index (χ3n) is 4.13. The van der Waals surface area contributed by atoms with Crippen LogP contribution in [0.25, 0.3) is 0 Å². The van der Waals surface area contributed by atoms with Crippen LogP contribution in [0, 0.1) is 19.7 Å². The third kappa shape index (κ3) is 5.05. The minimum atomic E-state index is -0.222. The van der Waals surface area contributed by atoms with E-state index in [2.05, 4.69) is 17.4 Å². The fourth-order valence-corrected chi connectivity index (χ4v) is 2.92. The van der Waals surface area contributed by atoms with Crippen LogP contribution in [0.2, 0.25) is 0 Å². The molecular formula is C19H27FN4O. The molecule has 1 unspecified atom stereocenters. The summed E-state index contributed by atoms with van der Waals surface area (Å²) in [7, 11) is 1.98. The fraction of sp³-hybridized carbons (Fsp3) is 0.474. The lowest BCUT2D eigenvalue weighted by Crippen LogP contribution is -2.38. The van der Waals surface area contributed by atoms with Crippen LogP contribution in [0.4, 0.5) is 4.39 Å². The molecule has 0 aliphatic carbocycles. The van der Waals surface area contributed by atoms with Gasteiger partial charge in [0.15, 0.2) is 5.96 Å². The fourth-order valence-electron chi connectivity index (χ4n) is 2.92. The van der Waals surface area contributed by atoms with Crippen molar-refractivity contribution in [1.82, 2.24) is 15.4 Å². The van der Waals surface area contributed by atoms with Gasteiger partial charge in [0, 0.05) is 38.2 Å². The molecule has 0 saturated carbocycles. The van der Waals surface area contributed by atoms with E-state index in [1.54, 1.807) is 12.1 Å². The maximum atomic E-state index is 13.1. The highest BCUT2D eigenvalue weighted by atomic mass is 19.1. The summed E-state index contributed by atoms with van der Waals surface area (Å²) in [6.07, 6.45) is 0. The van der Waals surface area contributed by atoms with E-state index in [1.807, 2.05) is 32.7 Å². The van der Waals surface area contributed by atoms with Crippen LogP contribution < -0.4 is 5.32 Å². The molecule has 1 N–H and O–H groups in total. The second kappa shape index (κ2) is 8.65. The number of benzene rings is 1. The highest BCUT2D eigenvalue weighted by Crippen LogP contribution is 2.23. The van der Waals surface area contributed by atoms with Gasteiger partial charge in [-0.3, -0.25) is 4.99 Å². The number of hydrogen-bond donors (Lipinski definition) is 1. The molecule has 0 spiro atoms. The maximum Gasteiger partial charge on any atom is 0.193 e. The number of halogens is 1. The Morgan fingerprint density at radius 2 is 2.00 bits per heavy atom. The van der Waals surface area contributed by atoms with E-state index in [0.717, 1.165) is 35.1 Å². The Hall–Kier alpha value is -2.37. The normalized spacial score (nSPS) is 13.0. The van der Waals surface area contributed by atoms with Crippen molar-refractivity contribution in [2.24, 2.45) is 4.99 Å². The molecule has 0 bridgehead atoms. The average molecular weight is 346 g/mol. The van der Waals surface area contributed by atoms with Crippen LogP contribution in [0.5, 0.6) is 0 Å². The monoisotopic (exact) mass is 346 g/mol. The molecule has 0 aliphatic heterocycles. The van der Waals surface area contributed by atoms with Crippen molar-refractivity contribution in [3.63, 3.8) is 0 Å². The van der Waals surface area contributed by atoms with Crippen molar-refractivity contribution in [2.75, 3.05) is 20.1 Å². The molecule has 1 atom stereocenters. The van der Waals surface area contributed by atoms with Crippen molar-refractivity contribution in [3.05, 3.63) is 52.7 Å². The van der Waals surface area contributed by atoms with Gasteiger partial charge >= 0.3 is 0 Å². The van der Waals surface area contributed by atoms with Gasteiger partial charge in [0.1, 0.15) is 11.6 Å². The smallest absolute Gasteiger partial charge is 0.193 e. The van der Waals surface area contributed by atoms with Crippen molar-refractivity contribution >= 4 is 5.96 Å². The number of nitrogens with zero attached hydrogens (tertiary/aromatic N) is 3. The maximum absolute atomic E-state index is 13.1. The minimum Gasteiger partial charge on any atom is -0.361 e. The molecule has 5 nitrogen and oxygen atoms in total. The number of aromatic nitrogens is 1. The molecule has 25 heavy (non-hydrogen) atoms. The van der Waals surface area contributed by atoms with Crippen LogP contribution in [-0.2, 0) is 6.54 Å². The Morgan fingerprint density at radius 3 is 2.56 bits per heavy atom. The second-order valence-electron chi connectivity index (χ2n) is 6.32. The molecule has 1 aromatic heterocycles. The standard InChI is InChI=1S/C19H27FN4O/c1-6-21-19(24(5)12-16-7-9-17(20)10-8-16)22-11-13(2)18-14(3)23-25-15(18)4/h7-10,13H,6,11-12H2,1-5H3,(H,21,22). The molecule has 0 aliphatic rings. The SMILES string of the molecule is CCNC(=NCC(C)c1c(C)noc1C)N(C)Cc1ccc(F)cc1. The molecule has 2 rings (SSSR count). The van der Waals surface area contributed by atoms with Gasteiger partial charge in [-0.1, -0.05) is 24.2 Å². The Balaban J connectivity index is 2.07. The van der Waals surface area contributed by atoms with E-state index in [9.17, 15) is 4.39 Å². The summed E-state index contributed by atoms with van der Waals surface area (Å²) >= 11 is 0. The Labute approximate surface area is 148 Å². The largest absolute Gasteiger partial charge is 0.361 e. The first kappa shape index (κ1) is 19.0. The number of rotatable bonds is 6. The van der Waals surface area contributed by atoms with Crippen LogP contribution in [0.1, 0.15) is 42.3 Å². The van der Waals surface area contributed by atoms with Crippen molar-refractivity contribution < 1.29 is 8.91 Å². The molecule has 136 valence electrons. The molecule has 0 amide bonds. The summed E-state index contributed by atoms with van der Waals surface area (Å²) in [4.78, 5) is 6.79. The Bertz CT molecular complexity index is 689. The zero-order valence-electron chi connectivity index (χ0n) is 15.6. The molecule has 0 saturated heterocycles. The lowest BCUT2D eigenvalue weighted by molar-refractivity contribution is 0.391. The number of aryl methyl sites for hydroxylation is 2. The summed E-state index contributed by atoms with van der Waals surface area (Å²) < 4.78 is 18.3. The highest BCUT2D eigenvalue weighted by molar-refractivity contribution is 5.79. The Kier molecular flexibility index (Phi) is 6.56. The molecule has 2 aromatic rings. The molecule has 1 aromatic carbocycles. The number of aliphatic imine (C=N–C) groups is 1. The van der Waals surface area contributed by atoms with Gasteiger partial charge < -0.3 is 14.7 Å². The molecular weight excluding hydrogens is 319 g/mol. The number of guanidine groups is 1. The molecule has 0 radical (unpaired) electrons. The summed E-state index contributed by atoms with van der Waals surface area (Å²) in [5.74, 6) is 1.68. The zero-order chi connectivity index (χ0) is 18.4. The van der Waals surface area contributed by atoms with Crippen molar-refractivity contribution in [1.29, 1.82) is 0 Å². The minimum absolute atomic E-state index is 0.221.